The Balaban J connectivity index is -0.000000679. The van der Waals surface area contributed by atoms with E-state index >= 15 is 0 Å². The van der Waals surface area contributed by atoms with Gasteiger partial charge in [0, 0.05) is 31.0 Å². The summed E-state index contributed by atoms with van der Waals surface area (Å²) in [4.78, 5) is 35.8. The molecule has 10 heteroatoms. The molecule has 0 bridgehead atoms. The molecule has 0 saturated heterocycles. The van der Waals surface area contributed by atoms with Crippen molar-refractivity contribution in [2.24, 2.45) is 71.0 Å². The van der Waals surface area contributed by atoms with E-state index in [1.807, 2.05) is 55.4 Å². The summed E-state index contributed by atoms with van der Waals surface area (Å²) in [6, 6.07) is 0. The fourth-order valence-corrected chi connectivity index (χ4v) is 5.37. The van der Waals surface area contributed by atoms with Crippen LogP contribution in [0, 0.1) is 71.0 Å². The molecule has 0 aliphatic carbocycles. The molecule has 51 heavy (non-hydrogen) atoms. The fourth-order valence-electron chi connectivity index (χ4n) is 5.37. The summed E-state index contributed by atoms with van der Waals surface area (Å²) in [5.74, 6) is 1.38. The van der Waals surface area contributed by atoms with Crippen molar-refractivity contribution in [3.8, 4) is 0 Å². The zero-order chi connectivity index (χ0) is 40.3. The first-order valence-electron chi connectivity index (χ1n) is 19.7. The van der Waals surface area contributed by atoms with E-state index in [9.17, 15) is 14.4 Å². The maximum Gasteiger partial charge on any atom is 0.309 e. The van der Waals surface area contributed by atoms with Crippen LogP contribution in [0.3, 0.4) is 0 Å². The highest BCUT2D eigenvalue weighted by Gasteiger charge is 2.28. The summed E-state index contributed by atoms with van der Waals surface area (Å²) in [6.45, 7) is 29.4. The molecule has 4 N–H and O–H groups in total. The third-order valence-corrected chi connectivity index (χ3v) is 9.28. The second kappa shape index (κ2) is 31.7. The summed E-state index contributed by atoms with van der Waals surface area (Å²) in [6.07, 6.45) is 4.36. The number of hydrogen-bond donors (Lipinski definition) is 4. The van der Waals surface area contributed by atoms with Gasteiger partial charge in [-0.05, 0) is 61.2 Å². The second-order valence-electron chi connectivity index (χ2n) is 16.4. The average Bonchev–Trinajstić information content (AvgIpc) is 3.04. The van der Waals surface area contributed by atoms with E-state index in [0.717, 1.165) is 32.1 Å². The standard InChI is InChI=1S/C14H28O4.C14H28O3.C13H26O3/c1-10(2)5-6-13(11(3)4)14(17)18-9-12(7-15)8-16;1-6-12(8-15)9-17-14(16)13(11(4)5)7-10(2)3;1-6-11(7-14)8-16-13(15)12(9(2)3)10(4)5/h10-13,15-16H,5-9H2,1-4H3;10-13,15H,6-9H2,1-5H3;9-12,14H,6-8H2,1-5H3. The van der Waals surface area contributed by atoms with Gasteiger partial charge in [0.1, 0.15) is 0 Å². The predicted octanol–water partition coefficient (Wildman–Crippen LogP) is 7.18. The molecule has 0 rings (SSSR count). The molecule has 0 aliphatic heterocycles. The van der Waals surface area contributed by atoms with Crippen LogP contribution >= 0.6 is 0 Å². The Morgan fingerprint density at radius 3 is 1.10 bits per heavy atom. The molecule has 4 unspecified atom stereocenters. The van der Waals surface area contributed by atoms with Gasteiger partial charge in [0.05, 0.1) is 50.8 Å². The molecule has 0 spiro atoms. The van der Waals surface area contributed by atoms with Gasteiger partial charge in [-0.3, -0.25) is 14.4 Å². The molecular weight excluding hydrogens is 652 g/mol. The minimum atomic E-state index is -0.369. The molecule has 0 amide bonds. The molecule has 0 heterocycles. The Morgan fingerprint density at radius 2 is 0.804 bits per heavy atom. The predicted molar refractivity (Wildman–Crippen MR) is 206 cm³/mol. The maximum absolute atomic E-state index is 12.0. The molecule has 0 saturated carbocycles. The zero-order valence-electron chi connectivity index (χ0n) is 35.2. The topological polar surface area (TPSA) is 160 Å². The largest absolute Gasteiger partial charge is 0.465 e. The third-order valence-electron chi connectivity index (χ3n) is 9.28. The monoisotopic (exact) mass is 735 g/mol. The molecule has 4 atom stereocenters. The normalized spacial score (nSPS) is 14.0. The van der Waals surface area contributed by atoms with E-state index in [-0.39, 0.29) is 92.4 Å². The van der Waals surface area contributed by atoms with Crippen LogP contribution in [0.5, 0.6) is 0 Å². The van der Waals surface area contributed by atoms with Gasteiger partial charge in [-0.25, -0.2) is 0 Å². The zero-order valence-corrected chi connectivity index (χ0v) is 35.2. The minimum absolute atomic E-state index is 0.0220. The summed E-state index contributed by atoms with van der Waals surface area (Å²) >= 11 is 0. The highest BCUT2D eigenvalue weighted by Crippen LogP contribution is 2.24. The number of esters is 3. The van der Waals surface area contributed by atoms with Gasteiger partial charge in [-0.2, -0.15) is 0 Å². The van der Waals surface area contributed by atoms with Crippen molar-refractivity contribution in [1.82, 2.24) is 0 Å². The van der Waals surface area contributed by atoms with Crippen molar-refractivity contribution in [3.05, 3.63) is 0 Å². The molecule has 0 aliphatic rings. The molecule has 10 nitrogen and oxygen atoms in total. The first-order chi connectivity index (χ1) is 23.8. The van der Waals surface area contributed by atoms with Gasteiger partial charge >= 0.3 is 17.9 Å². The summed E-state index contributed by atoms with van der Waals surface area (Å²) in [5, 5.41) is 35.9. The van der Waals surface area contributed by atoms with Crippen molar-refractivity contribution in [2.75, 3.05) is 46.2 Å². The van der Waals surface area contributed by atoms with Crippen molar-refractivity contribution in [3.63, 3.8) is 0 Å². The Hall–Kier alpha value is -1.75. The molecular formula is C41H82O10. The van der Waals surface area contributed by atoms with Crippen LogP contribution in [0.2, 0.25) is 0 Å². The summed E-state index contributed by atoms with van der Waals surface area (Å²) < 4.78 is 15.8. The molecule has 0 fully saturated rings. The Morgan fingerprint density at radius 1 is 0.451 bits per heavy atom. The molecule has 0 aromatic rings. The van der Waals surface area contributed by atoms with Gasteiger partial charge in [0.15, 0.2) is 0 Å². The lowest BCUT2D eigenvalue weighted by molar-refractivity contribution is -0.154. The number of hydrogen-bond acceptors (Lipinski definition) is 10. The van der Waals surface area contributed by atoms with Gasteiger partial charge < -0.3 is 34.6 Å². The van der Waals surface area contributed by atoms with Gasteiger partial charge in [-0.15, -0.1) is 0 Å². The third kappa shape index (κ3) is 26.6. The van der Waals surface area contributed by atoms with E-state index in [4.69, 9.17) is 34.6 Å². The van der Waals surface area contributed by atoms with E-state index in [2.05, 4.69) is 41.5 Å². The summed E-state index contributed by atoms with van der Waals surface area (Å²) in [7, 11) is 0. The molecule has 306 valence electrons. The van der Waals surface area contributed by atoms with Gasteiger partial charge in [0.25, 0.3) is 0 Å². The van der Waals surface area contributed by atoms with Crippen LogP contribution in [0.25, 0.3) is 0 Å². The number of rotatable bonds is 24. The lowest BCUT2D eigenvalue weighted by atomic mass is 9.86. The van der Waals surface area contributed by atoms with Crippen LogP contribution in [-0.2, 0) is 28.6 Å². The smallest absolute Gasteiger partial charge is 0.309 e. The van der Waals surface area contributed by atoms with Crippen molar-refractivity contribution < 1.29 is 49.0 Å². The highest BCUT2D eigenvalue weighted by molar-refractivity contribution is 5.73. The highest BCUT2D eigenvalue weighted by atomic mass is 16.5. The molecule has 0 aromatic carbocycles. The lowest BCUT2D eigenvalue weighted by Crippen LogP contribution is -2.29. The molecule has 0 radical (unpaired) electrons. The molecule has 0 aromatic heterocycles. The quantitative estimate of drug-likeness (QED) is 0.0591. The van der Waals surface area contributed by atoms with Crippen LogP contribution in [-0.4, -0.2) is 84.6 Å². The van der Waals surface area contributed by atoms with E-state index < -0.39 is 0 Å². The number of aliphatic hydroxyl groups is 4. The number of aliphatic hydroxyl groups excluding tert-OH is 4. The van der Waals surface area contributed by atoms with Crippen LogP contribution in [0.15, 0.2) is 0 Å². The van der Waals surface area contributed by atoms with E-state index in [0.29, 0.717) is 42.8 Å². The fraction of sp³-hybridized carbons (Fsp3) is 0.927. The van der Waals surface area contributed by atoms with Crippen LogP contribution < -0.4 is 0 Å². The van der Waals surface area contributed by atoms with Crippen LogP contribution in [0.4, 0.5) is 0 Å². The van der Waals surface area contributed by atoms with Gasteiger partial charge in [-0.1, -0.05) is 103 Å². The Kier molecular flexibility index (Phi) is 33.4. The van der Waals surface area contributed by atoms with Crippen molar-refractivity contribution >= 4 is 17.9 Å². The number of carbonyl (C=O) groups is 3. The number of carbonyl (C=O) groups excluding carboxylic acids is 3. The SMILES string of the molecule is CC(C)CCC(C(=O)OCC(CO)CO)C(C)C.CCC(CO)COC(=O)C(C(C)C)C(C)C.CCC(CO)COC(=O)C(CC(C)C)C(C)C. The van der Waals surface area contributed by atoms with E-state index in [1.54, 1.807) is 0 Å². The van der Waals surface area contributed by atoms with Crippen molar-refractivity contribution in [2.45, 2.75) is 129 Å². The van der Waals surface area contributed by atoms with E-state index in [1.165, 1.54) is 0 Å². The average molecular weight is 735 g/mol. The summed E-state index contributed by atoms with van der Waals surface area (Å²) in [5.41, 5.74) is 0. The second-order valence-corrected chi connectivity index (χ2v) is 16.4. The lowest BCUT2D eigenvalue weighted by Gasteiger charge is -2.23. The number of ether oxygens (including phenoxy) is 3. The Bertz CT molecular complexity index is 835. The van der Waals surface area contributed by atoms with Crippen LogP contribution in [0.1, 0.15) is 129 Å². The van der Waals surface area contributed by atoms with Crippen molar-refractivity contribution in [1.29, 1.82) is 0 Å². The maximum atomic E-state index is 12.0. The minimum Gasteiger partial charge on any atom is -0.465 e. The first kappa shape index (κ1) is 53.6. The Labute approximate surface area is 312 Å². The first-order valence-corrected chi connectivity index (χ1v) is 19.7. The van der Waals surface area contributed by atoms with Gasteiger partial charge in [0.2, 0.25) is 0 Å².